The van der Waals surface area contributed by atoms with Crippen LogP contribution in [0, 0.1) is 6.92 Å². The summed E-state index contributed by atoms with van der Waals surface area (Å²) in [6.45, 7) is 1.73. The smallest absolute Gasteiger partial charge is 0.336 e. The topological polar surface area (TPSA) is 76.2 Å². The minimum atomic E-state index is -1.00. The highest BCUT2D eigenvalue weighted by Crippen LogP contribution is 2.24. The molecule has 0 saturated heterocycles. The first-order valence-corrected chi connectivity index (χ1v) is 6.18. The van der Waals surface area contributed by atoms with Gasteiger partial charge < -0.3 is 9.63 Å². The molecule has 3 aromatic rings. The molecule has 0 aliphatic carbocycles. The van der Waals surface area contributed by atoms with Crippen LogP contribution in [-0.4, -0.2) is 21.2 Å². The van der Waals surface area contributed by atoms with Gasteiger partial charge in [-0.1, -0.05) is 35.5 Å². The molecule has 0 amide bonds. The SMILES string of the molecule is Cc1cc(C(=O)O)c2c(Cc3ccccc3)noc2n1. The highest BCUT2D eigenvalue weighted by Gasteiger charge is 2.19. The summed E-state index contributed by atoms with van der Waals surface area (Å²) in [6, 6.07) is 11.2. The minimum Gasteiger partial charge on any atom is -0.478 e. The Hall–Kier alpha value is -2.69. The number of hydrogen-bond donors (Lipinski definition) is 1. The van der Waals surface area contributed by atoms with Crippen LogP contribution < -0.4 is 0 Å². The summed E-state index contributed by atoms with van der Waals surface area (Å²) in [5.41, 5.74) is 2.68. The second-order valence-corrected chi connectivity index (χ2v) is 4.59. The van der Waals surface area contributed by atoms with Gasteiger partial charge in [0.2, 0.25) is 0 Å². The fourth-order valence-electron chi connectivity index (χ4n) is 2.21. The van der Waals surface area contributed by atoms with Gasteiger partial charge in [0.1, 0.15) is 0 Å². The van der Waals surface area contributed by atoms with Gasteiger partial charge in [-0.05, 0) is 18.6 Å². The first-order valence-electron chi connectivity index (χ1n) is 6.18. The molecule has 3 rings (SSSR count). The number of aryl methyl sites for hydroxylation is 1. The van der Waals surface area contributed by atoms with E-state index in [1.54, 1.807) is 6.92 Å². The van der Waals surface area contributed by atoms with E-state index in [0.717, 1.165) is 5.56 Å². The third kappa shape index (κ3) is 2.14. The van der Waals surface area contributed by atoms with Gasteiger partial charge in [0, 0.05) is 12.1 Å². The molecule has 2 heterocycles. The van der Waals surface area contributed by atoms with Crippen molar-refractivity contribution in [3.8, 4) is 0 Å². The number of fused-ring (bicyclic) bond motifs is 1. The van der Waals surface area contributed by atoms with E-state index in [4.69, 9.17) is 4.52 Å². The van der Waals surface area contributed by atoms with Gasteiger partial charge >= 0.3 is 5.97 Å². The van der Waals surface area contributed by atoms with Gasteiger partial charge in [0.15, 0.2) is 0 Å². The maximum Gasteiger partial charge on any atom is 0.336 e. The molecule has 0 fully saturated rings. The maximum absolute atomic E-state index is 11.4. The first kappa shape index (κ1) is 12.3. The van der Waals surface area contributed by atoms with Crippen LogP contribution in [-0.2, 0) is 6.42 Å². The zero-order valence-electron chi connectivity index (χ0n) is 10.8. The lowest BCUT2D eigenvalue weighted by molar-refractivity contribution is 0.0698. The number of rotatable bonds is 3. The Morgan fingerprint density at radius 2 is 2.05 bits per heavy atom. The van der Waals surface area contributed by atoms with E-state index in [-0.39, 0.29) is 11.3 Å². The van der Waals surface area contributed by atoms with Crippen LogP contribution in [0.1, 0.15) is 27.3 Å². The highest BCUT2D eigenvalue weighted by atomic mass is 16.5. The number of aromatic carboxylic acids is 1. The van der Waals surface area contributed by atoms with Crippen LogP contribution in [0.3, 0.4) is 0 Å². The van der Waals surface area contributed by atoms with Crippen LogP contribution in [0.2, 0.25) is 0 Å². The fraction of sp³-hybridized carbons (Fsp3) is 0.133. The lowest BCUT2D eigenvalue weighted by Gasteiger charge is -2.01. The Bertz CT molecular complexity index is 778. The van der Waals surface area contributed by atoms with Crippen molar-refractivity contribution < 1.29 is 14.4 Å². The van der Waals surface area contributed by atoms with E-state index in [0.29, 0.717) is 23.2 Å². The Morgan fingerprint density at radius 3 is 2.75 bits per heavy atom. The summed E-state index contributed by atoms with van der Waals surface area (Å²) in [5, 5.41) is 13.8. The summed E-state index contributed by atoms with van der Waals surface area (Å²) in [4.78, 5) is 15.6. The number of benzene rings is 1. The molecule has 2 aromatic heterocycles. The predicted molar refractivity (Wildman–Crippen MR) is 72.7 cm³/mol. The van der Waals surface area contributed by atoms with E-state index in [1.165, 1.54) is 6.07 Å². The Balaban J connectivity index is 2.15. The Morgan fingerprint density at radius 1 is 1.30 bits per heavy atom. The molecule has 0 atom stereocenters. The predicted octanol–water partition coefficient (Wildman–Crippen LogP) is 2.82. The van der Waals surface area contributed by atoms with E-state index in [2.05, 4.69) is 10.1 Å². The van der Waals surface area contributed by atoms with Crippen molar-refractivity contribution in [1.82, 2.24) is 10.1 Å². The van der Waals surface area contributed by atoms with Crippen molar-refractivity contribution in [3.63, 3.8) is 0 Å². The second kappa shape index (κ2) is 4.77. The Labute approximate surface area is 114 Å². The summed E-state index contributed by atoms with van der Waals surface area (Å²) in [6.07, 6.45) is 0.513. The van der Waals surface area contributed by atoms with E-state index < -0.39 is 5.97 Å². The summed E-state index contributed by atoms with van der Waals surface area (Å²) < 4.78 is 5.17. The monoisotopic (exact) mass is 268 g/mol. The van der Waals surface area contributed by atoms with Crippen molar-refractivity contribution in [1.29, 1.82) is 0 Å². The summed E-state index contributed by atoms with van der Waals surface area (Å²) in [7, 11) is 0. The molecule has 0 radical (unpaired) electrons. The normalized spacial score (nSPS) is 10.8. The molecular formula is C15H12N2O3. The minimum absolute atomic E-state index is 0.180. The number of carbonyl (C=O) groups is 1. The van der Waals surface area contributed by atoms with Crippen molar-refractivity contribution in [2.24, 2.45) is 0 Å². The van der Waals surface area contributed by atoms with Gasteiger partial charge in [-0.2, -0.15) is 0 Å². The standard InChI is InChI=1S/C15H12N2O3/c1-9-7-11(15(18)19)13-12(17-20-14(13)16-9)8-10-5-3-2-4-6-10/h2-7H,8H2,1H3,(H,18,19). The molecule has 0 aliphatic heterocycles. The molecule has 0 aliphatic rings. The van der Waals surface area contributed by atoms with Crippen LogP contribution in [0.15, 0.2) is 40.9 Å². The summed E-state index contributed by atoms with van der Waals surface area (Å²) >= 11 is 0. The third-order valence-corrected chi connectivity index (χ3v) is 3.09. The summed E-state index contributed by atoms with van der Waals surface area (Å²) in [5.74, 6) is -1.00. The van der Waals surface area contributed by atoms with E-state index in [9.17, 15) is 9.90 Å². The largest absolute Gasteiger partial charge is 0.478 e. The molecule has 5 heteroatoms. The van der Waals surface area contributed by atoms with E-state index in [1.807, 2.05) is 30.3 Å². The molecule has 20 heavy (non-hydrogen) atoms. The number of aromatic nitrogens is 2. The van der Waals surface area contributed by atoms with Gasteiger partial charge in [-0.25, -0.2) is 9.78 Å². The average Bonchev–Trinajstić information content (AvgIpc) is 2.82. The average molecular weight is 268 g/mol. The highest BCUT2D eigenvalue weighted by molar-refractivity contribution is 6.02. The maximum atomic E-state index is 11.4. The van der Waals surface area contributed by atoms with Gasteiger partial charge in [0.25, 0.3) is 5.71 Å². The van der Waals surface area contributed by atoms with Crippen molar-refractivity contribution in [3.05, 3.63) is 58.9 Å². The number of hydrogen-bond acceptors (Lipinski definition) is 4. The third-order valence-electron chi connectivity index (χ3n) is 3.09. The molecule has 0 unspecified atom stereocenters. The zero-order chi connectivity index (χ0) is 14.1. The van der Waals surface area contributed by atoms with Crippen LogP contribution >= 0.6 is 0 Å². The molecule has 5 nitrogen and oxygen atoms in total. The van der Waals surface area contributed by atoms with Gasteiger partial charge in [0.05, 0.1) is 16.6 Å². The van der Waals surface area contributed by atoms with Crippen molar-refractivity contribution in [2.75, 3.05) is 0 Å². The lowest BCUT2D eigenvalue weighted by atomic mass is 10.0. The van der Waals surface area contributed by atoms with Gasteiger partial charge in [-0.15, -0.1) is 0 Å². The molecule has 0 saturated carbocycles. The molecule has 100 valence electrons. The second-order valence-electron chi connectivity index (χ2n) is 4.59. The molecule has 1 N–H and O–H groups in total. The fourth-order valence-corrected chi connectivity index (χ4v) is 2.21. The number of carboxylic acid groups (broad SMARTS) is 1. The number of carboxylic acids is 1. The van der Waals surface area contributed by atoms with E-state index >= 15 is 0 Å². The molecule has 1 aromatic carbocycles. The molecule has 0 spiro atoms. The first-order chi connectivity index (χ1) is 9.65. The number of nitrogens with zero attached hydrogens (tertiary/aromatic N) is 2. The number of pyridine rings is 1. The Kier molecular flexibility index (Phi) is 2.95. The van der Waals surface area contributed by atoms with Crippen LogP contribution in [0.25, 0.3) is 11.1 Å². The van der Waals surface area contributed by atoms with Crippen LogP contribution in [0.5, 0.6) is 0 Å². The van der Waals surface area contributed by atoms with Crippen LogP contribution in [0.4, 0.5) is 0 Å². The van der Waals surface area contributed by atoms with Crippen molar-refractivity contribution in [2.45, 2.75) is 13.3 Å². The van der Waals surface area contributed by atoms with Crippen molar-refractivity contribution >= 4 is 17.1 Å². The molecular weight excluding hydrogens is 256 g/mol. The molecule has 0 bridgehead atoms. The zero-order valence-corrected chi connectivity index (χ0v) is 10.8. The van der Waals surface area contributed by atoms with Gasteiger partial charge in [-0.3, -0.25) is 0 Å². The lowest BCUT2D eigenvalue weighted by Crippen LogP contribution is -2.01. The quantitative estimate of drug-likeness (QED) is 0.790.